The molecule has 2 atom stereocenters. The lowest BCUT2D eigenvalue weighted by Gasteiger charge is -2.32. The third-order valence-corrected chi connectivity index (χ3v) is 3.32. The Morgan fingerprint density at radius 2 is 2.20 bits per heavy atom. The summed E-state index contributed by atoms with van der Waals surface area (Å²) in [6.45, 7) is 2.74. The molecule has 0 saturated carbocycles. The van der Waals surface area contributed by atoms with Crippen LogP contribution in [0.3, 0.4) is 0 Å². The summed E-state index contributed by atoms with van der Waals surface area (Å²) < 4.78 is 31.2. The number of ether oxygens (including phenoxy) is 1. The van der Waals surface area contributed by atoms with Crippen molar-refractivity contribution >= 4 is 5.91 Å². The van der Waals surface area contributed by atoms with Gasteiger partial charge in [0, 0.05) is 25.2 Å². The third kappa shape index (κ3) is 3.45. The number of rotatable bonds is 3. The van der Waals surface area contributed by atoms with E-state index in [4.69, 9.17) is 10.5 Å². The lowest BCUT2D eigenvalue weighted by Crippen LogP contribution is -2.49. The SMILES string of the molecule is C[C@@H](Oc1ccc(F)c(F)c1)C(=O)N1CCC[C@H](N)C1. The van der Waals surface area contributed by atoms with Crippen LogP contribution in [0, 0.1) is 11.6 Å². The Morgan fingerprint density at radius 3 is 2.85 bits per heavy atom. The molecule has 0 spiro atoms. The molecule has 1 heterocycles. The number of carbonyl (C=O) groups excluding carboxylic acids is 1. The number of hydrogen-bond donors (Lipinski definition) is 1. The van der Waals surface area contributed by atoms with Crippen LogP contribution >= 0.6 is 0 Å². The van der Waals surface area contributed by atoms with E-state index in [-0.39, 0.29) is 17.7 Å². The molecule has 1 aromatic carbocycles. The highest BCUT2D eigenvalue weighted by Gasteiger charge is 2.26. The summed E-state index contributed by atoms with van der Waals surface area (Å²) in [4.78, 5) is 13.8. The summed E-state index contributed by atoms with van der Waals surface area (Å²) in [6.07, 6.45) is 1.01. The molecule has 0 radical (unpaired) electrons. The Balaban J connectivity index is 1.98. The van der Waals surface area contributed by atoms with Crippen molar-refractivity contribution in [1.82, 2.24) is 4.90 Å². The molecule has 0 aromatic heterocycles. The molecule has 6 heteroatoms. The van der Waals surface area contributed by atoms with Crippen LogP contribution in [0.25, 0.3) is 0 Å². The molecule has 1 aliphatic rings. The van der Waals surface area contributed by atoms with E-state index in [1.807, 2.05) is 0 Å². The number of amides is 1. The highest BCUT2D eigenvalue weighted by molar-refractivity contribution is 5.81. The number of piperidine rings is 1. The minimum atomic E-state index is -0.998. The van der Waals surface area contributed by atoms with E-state index < -0.39 is 17.7 Å². The van der Waals surface area contributed by atoms with Crippen LogP contribution < -0.4 is 10.5 Å². The number of benzene rings is 1. The Labute approximate surface area is 116 Å². The summed E-state index contributed by atoms with van der Waals surface area (Å²) in [6, 6.07) is 3.19. The molecule has 2 N–H and O–H groups in total. The molecule has 1 fully saturated rings. The van der Waals surface area contributed by atoms with E-state index in [2.05, 4.69) is 0 Å². The minimum Gasteiger partial charge on any atom is -0.481 e. The van der Waals surface area contributed by atoms with E-state index in [1.165, 1.54) is 6.07 Å². The van der Waals surface area contributed by atoms with Crippen molar-refractivity contribution in [3.8, 4) is 5.75 Å². The first-order valence-corrected chi connectivity index (χ1v) is 6.63. The molecule has 110 valence electrons. The van der Waals surface area contributed by atoms with Gasteiger partial charge in [0.05, 0.1) is 0 Å². The van der Waals surface area contributed by atoms with Gasteiger partial charge >= 0.3 is 0 Å². The zero-order valence-corrected chi connectivity index (χ0v) is 11.3. The molecule has 0 aliphatic carbocycles. The number of hydrogen-bond acceptors (Lipinski definition) is 3. The summed E-state index contributed by atoms with van der Waals surface area (Å²) in [5.74, 6) is -2.00. The average Bonchev–Trinajstić information content (AvgIpc) is 2.42. The van der Waals surface area contributed by atoms with Crippen molar-refractivity contribution in [3.05, 3.63) is 29.8 Å². The van der Waals surface area contributed by atoms with Gasteiger partial charge in [-0.2, -0.15) is 0 Å². The maximum atomic E-state index is 13.1. The highest BCUT2D eigenvalue weighted by atomic mass is 19.2. The minimum absolute atomic E-state index is 0.0110. The van der Waals surface area contributed by atoms with Crippen LogP contribution in [0.2, 0.25) is 0 Å². The maximum Gasteiger partial charge on any atom is 0.263 e. The first kappa shape index (κ1) is 14.7. The van der Waals surface area contributed by atoms with E-state index in [1.54, 1.807) is 11.8 Å². The second-order valence-electron chi connectivity index (χ2n) is 5.02. The molecule has 1 aromatic rings. The van der Waals surface area contributed by atoms with Crippen molar-refractivity contribution in [2.24, 2.45) is 5.73 Å². The van der Waals surface area contributed by atoms with Crippen molar-refractivity contribution < 1.29 is 18.3 Å². The third-order valence-electron chi connectivity index (χ3n) is 3.32. The second kappa shape index (κ2) is 6.17. The van der Waals surface area contributed by atoms with Gasteiger partial charge in [0.1, 0.15) is 5.75 Å². The average molecular weight is 284 g/mol. The van der Waals surface area contributed by atoms with Crippen LogP contribution in [0.15, 0.2) is 18.2 Å². The number of nitrogens with two attached hydrogens (primary N) is 1. The van der Waals surface area contributed by atoms with Crippen LogP contribution in [-0.2, 0) is 4.79 Å². The van der Waals surface area contributed by atoms with Crippen LogP contribution in [0.1, 0.15) is 19.8 Å². The maximum absolute atomic E-state index is 13.1. The van der Waals surface area contributed by atoms with E-state index in [0.717, 1.165) is 25.0 Å². The number of nitrogens with zero attached hydrogens (tertiary/aromatic N) is 1. The fraction of sp³-hybridized carbons (Fsp3) is 0.500. The highest BCUT2D eigenvalue weighted by Crippen LogP contribution is 2.18. The Bertz CT molecular complexity index is 496. The largest absolute Gasteiger partial charge is 0.481 e. The summed E-state index contributed by atoms with van der Waals surface area (Å²) in [5.41, 5.74) is 5.83. The molecule has 1 saturated heterocycles. The molecular weight excluding hydrogens is 266 g/mol. The first-order chi connectivity index (χ1) is 9.47. The van der Waals surface area contributed by atoms with Crippen molar-refractivity contribution in [2.45, 2.75) is 31.9 Å². The van der Waals surface area contributed by atoms with Gasteiger partial charge in [-0.3, -0.25) is 4.79 Å². The van der Waals surface area contributed by atoms with Crippen molar-refractivity contribution in [3.63, 3.8) is 0 Å². The molecule has 0 unspecified atom stereocenters. The van der Waals surface area contributed by atoms with Gasteiger partial charge in [-0.1, -0.05) is 0 Å². The van der Waals surface area contributed by atoms with E-state index >= 15 is 0 Å². The van der Waals surface area contributed by atoms with Gasteiger partial charge in [0.15, 0.2) is 17.7 Å². The van der Waals surface area contributed by atoms with Gasteiger partial charge in [0.2, 0.25) is 0 Å². The monoisotopic (exact) mass is 284 g/mol. The Kier molecular flexibility index (Phi) is 4.54. The number of halogens is 2. The zero-order valence-electron chi connectivity index (χ0n) is 11.3. The predicted molar refractivity (Wildman–Crippen MR) is 70.2 cm³/mol. The van der Waals surface area contributed by atoms with Gasteiger partial charge < -0.3 is 15.4 Å². The quantitative estimate of drug-likeness (QED) is 0.919. The first-order valence-electron chi connectivity index (χ1n) is 6.63. The number of carbonyl (C=O) groups is 1. The lowest BCUT2D eigenvalue weighted by molar-refractivity contribution is -0.139. The van der Waals surface area contributed by atoms with Crippen LogP contribution in [0.5, 0.6) is 5.75 Å². The van der Waals surface area contributed by atoms with Crippen molar-refractivity contribution in [2.75, 3.05) is 13.1 Å². The van der Waals surface area contributed by atoms with Gasteiger partial charge in [-0.25, -0.2) is 8.78 Å². The molecule has 20 heavy (non-hydrogen) atoms. The van der Waals surface area contributed by atoms with Crippen LogP contribution in [-0.4, -0.2) is 36.0 Å². The fourth-order valence-corrected chi connectivity index (χ4v) is 2.27. The Morgan fingerprint density at radius 1 is 1.45 bits per heavy atom. The van der Waals surface area contributed by atoms with Crippen molar-refractivity contribution in [1.29, 1.82) is 0 Å². The fourth-order valence-electron chi connectivity index (χ4n) is 2.27. The summed E-state index contributed by atoms with van der Waals surface area (Å²) >= 11 is 0. The van der Waals surface area contributed by atoms with Gasteiger partial charge in [0.25, 0.3) is 5.91 Å². The second-order valence-corrected chi connectivity index (χ2v) is 5.02. The standard InChI is InChI=1S/C14H18F2N2O2/c1-9(14(19)18-6-2-3-10(17)8-18)20-11-4-5-12(15)13(16)7-11/h4-5,7,9-10H,2-3,6,8,17H2,1H3/t9-,10+/m1/s1. The molecule has 1 aliphatic heterocycles. The predicted octanol–water partition coefficient (Wildman–Crippen LogP) is 1.68. The zero-order chi connectivity index (χ0) is 14.7. The molecular formula is C14H18F2N2O2. The summed E-state index contributed by atoms with van der Waals surface area (Å²) in [7, 11) is 0. The smallest absolute Gasteiger partial charge is 0.263 e. The van der Waals surface area contributed by atoms with Crippen LogP contribution in [0.4, 0.5) is 8.78 Å². The van der Waals surface area contributed by atoms with Gasteiger partial charge in [-0.15, -0.1) is 0 Å². The summed E-state index contributed by atoms with van der Waals surface area (Å²) in [5, 5.41) is 0. The topological polar surface area (TPSA) is 55.6 Å². The van der Waals surface area contributed by atoms with Gasteiger partial charge in [-0.05, 0) is 31.9 Å². The number of likely N-dealkylation sites (tertiary alicyclic amines) is 1. The normalized spacial score (nSPS) is 20.6. The molecule has 2 rings (SSSR count). The lowest BCUT2D eigenvalue weighted by atomic mass is 10.1. The Hall–Kier alpha value is -1.69. The molecule has 0 bridgehead atoms. The van der Waals surface area contributed by atoms with E-state index in [9.17, 15) is 13.6 Å². The molecule has 1 amide bonds. The van der Waals surface area contributed by atoms with E-state index in [0.29, 0.717) is 13.1 Å². The molecule has 4 nitrogen and oxygen atoms in total.